The minimum atomic E-state index is -1.24. The van der Waals surface area contributed by atoms with Crippen LogP contribution in [0.25, 0.3) is 44.2 Å². The van der Waals surface area contributed by atoms with Crippen molar-refractivity contribution in [1.82, 2.24) is 4.58 Å². The number of nitrogens with zero attached hydrogens (tertiary/aromatic N) is 1. The summed E-state index contributed by atoms with van der Waals surface area (Å²) >= 11 is 0. The average Bonchev–Trinajstić information content (AvgIpc) is 3.10. The molecular formula is C40H29NO6. The summed E-state index contributed by atoms with van der Waals surface area (Å²) in [4.78, 5) is 24.5. The van der Waals surface area contributed by atoms with E-state index in [1.807, 2.05) is 91.5 Å². The van der Waals surface area contributed by atoms with Crippen LogP contribution < -0.4 is 24.5 Å². The Labute approximate surface area is 270 Å². The van der Waals surface area contributed by atoms with Crippen molar-refractivity contribution >= 4 is 33.7 Å². The highest BCUT2D eigenvalue weighted by Crippen LogP contribution is 2.43. The molecule has 1 heterocycles. The molecule has 2 aliphatic rings. The molecule has 0 spiro atoms. The molecule has 5 aromatic rings. The van der Waals surface area contributed by atoms with Gasteiger partial charge in [-0.2, -0.15) is 0 Å². The second-order valence-electron chi connectivity index (χ2n) is 11.4. The van der Waals surface area contributed by atoms with Gasteiger partial charge >= 0.3 is 5.97 Å². The number of esters is 1. The second kappa shape index (κ2) is 12.3. The van der Waals surface area contributed by atoms with Crippen LogP contribution in [0, 0.1) is 0 Å². The van der Waals surface area contributed by atoms with Crippen molar-refractivity contribution in [3.63, 3.8) is 0 Å². The van der Waals surface area contributed by atoms with Crippen LogP contribution in [-0.4, -0.2) is 26.0 Å². The zero-order chi connectivity index (χ0) is 32.5. The van der Waals surface area contributed by atoms with Gasteiger partial charge in [0, 0.05) is 33.5 Å². The summed E-state index contributed by atoms with van der Waals surface area (Å²) in [5.41, 5.74) is 4.30. The Morgan fingerprint density at radius 3 is 2.21 bits per heavy atom. The van der Waals surface area contributed by atoms with Gasteiger partial charge in [0.05, 0.1) is 17.6 Å². The predicted octanol–water partition coefficient (Wildman–Crippen LogP) is 6.55. The van der Waals surface area contributed by atoms with Gasteiger partial charge in [-0.1, -0.05) is 60.7 Å². The molecule has 1 aliphatic carbocycles. The molecule has 0 saturated heterocycles. The van der Waals surface area contributed by atoms with Crippen LogP contribution in [0.5, 0.6) is 11.5 Å². The Kier molecular flexibility index (Phi) is 7.71. The van der Waals surface area contributed by atoms with E-state index >= 15 is 0 Å². The molecule has 5 aromatic carbocycles. The first-order chi connectivity index (χ1) is 22.9. The van der Waals surface area contributed by atoms with Crippen LogP contribution in [-0.2, 0) is 6.61 Å². The molecule has 0 atom stereocenters. The third kappa shape index (κ3) is 5.82. The van der Waals surface area contributed by atoms with E-state index in [1.165, 1.54) is 0 Å². The maximum absolute atomic E-state index is 12.4. The van der Waals surface area contributed by atoms with Crippen molar-refractivity contribution in [3.05, 3.63) is 149 Å². The molecule has 7 heteroatoms. The van der Waals surface area contributed by atoms with Gasteiger partial charge in [-0.15, -0.1) is 0 Å². The molecule has 0 fully saturated rings. The quantitative estimate of drug-likeness (QED) is 0.0661. The highest BCUT2D eigenvalue weighted by atomic mass is 16.5. The van der Waals surface area contributed by atoms with Crippen LogP contribution in [0.4, 0.5) is 0 Å². The van der Waals surface area contributed by atoms with E-state index in [0.29, 0.717) is 40.6 Å². The summed E-state index contributed by atoms with van der Waals surface area (Å²) in [7, 11) is 3.92. The second-order valence-corrected chi connectivity index (χ2v) is 11.4. The van der Waals surface area contributed by atoms with Crippen LogP contribution in [0.3, 0.4) is 0 Å². The summed E-state index contributed by atoms with van der Waals surface area (Å²) in [6.07, 6.45) is 0. The van der Waals surface area contributed by atoms with Crippen molar-refractivity contribution in [1.29, 1.82) is 0 Å². The Morgan fingerprint density at radius 2 is 1.45 bits per heavy atom. The first-order valence-electron chi connectivity index (χ1n) is 15.1. The van der Waals surface area contributed by atoms with Gasteiger partial charge in [0.2, 0.25) is 5.36 Å². The number of hydrogen-bond donors (Lipinski definition) is 0. The summed E-state index contributed by atoms with van der Waals surface area (Å²) in [6, 6.07) is 38.6. The number of benzene rings is 6. The summed E-state index contributed by atoms with van der Waals surface area (Å²) in [5.74, 6) is 0.118. The van der Waals surface area contributed by atoms with E-state index in [1.54, 1.807) is 54.6 Å². The molecule has 1 aliphatic heterocycles. The number of aromatic carboxylic acids is 1. The molecule has 0 amide bonds. The first kappa shape index (κ1) is 29.5. The van der Waals surface area contributed by atoms with Gasteiger partial charge in [0.15, 0.2) is 0 Å². The molecule has 0 saturated carbocycles. The van der Waals surface area contributed by atoms with Crippen LogP contribution >= 0.6 is 0 Å². The van der Waals surface area contributed by atoms with E-state index in [4.69, 9.17) is 13.9 Å². The third-order valence-electron chi connectivity index (χ3n) is 8.14. The molecule has 0 aromatic heterocycles. The fourth-order valence-electron chi connectivity index (χ4n) is 5.74. The number of ether oxygens (including phenoxy) is 2. The number of carbonyl (C=O) groups excluding carboxylic acids is 2. The fraction of sp³-hybridized carbons (Fsp3) is 0.0750. The van der Waals surface area contributed by atoms with Gasteiger partial charge < -0.3 is 23.8 Å². The largest absolute Gasteiger partial charge is 0.545 e. The lowest BCUT2D eigenvalue weighted by molar-refractivity contribution is -0.254. The zero-order valence-electron chi connectivity index (χ0n) is 25.7. The molecule has 7 nitrogen and oxygen atoms in total. The highest BCUT2D eigenvalue weighted by Gasteiger charge is 2.21. The lowest BCUT2D eigenvalue weighted by Crippen LogP contribution is -2.23. The molecule has 0 unspecified atom stereocenters. The maximum atomic E-state index is 12.4. The van der Waals surface area contributed by atoms with E-state index in [0.717, 1.165) is 38.2 Å². The smallest absolute Gasteiger partial charge is 0.343 e. The number of carbonyl (C=O) groups is 2. The lowest BCUT2D eigenvalue weighted by atomic mass is 9.90. The number of carboxylic acid groups (broad SMARTS) is 1. The molecule has 0 N–H and O–H groups in total. The van der Waals surface area contributed by atoms with E-state index < -0.39 is 11.9 Å². The molecule has 230 valence electrons. The molecule has 47 heavy (non-hydrogen) atoms. The number of carboxylic acids is 1. The molecular weight excluding hydrogens is 590 g/mol. The van der Waals surface area contributed by atoms with Crippen molar-refractivity contribution in [2.45, 2.75) is 6.61 Å². The predicted molar refractivity (Wildman–Crippen MR) is 179 cm³/mol. The standard InChI is InChI=1S/C40H29NO6/c1-41(2)28-15-20-34-36(23-28)47-38-31-21-18-30(22-27(31)14-19-35(38)37(34)32-10-6-7-11-33(32)39(42)43)45-24-25-12-16-29(17-13-25)46-40(44)26-8-4-3-5-9-26/h3-23H,24H2,1-2H3. The fourth-order valence-corrected chi connectivity index (χ4v) is 5.74. The van der Waals surface area contributed by atoms with E-state index in [-0.39, 0.29) is 5.56 Å². The van der Waals surface area contributed by atoms with Crippen LogP contribution in [0.1, 0.15) is 26.3 Å². The Bertz CT molecular complexity index is 2330. The van der Waals surface area contributed by atoms with Crippen molar-refractivity contribution in [2.75, 3.05) is 14.1 Å². The monoisotopic (exact) mass is 619 g/mol. The SMILES string of the molecule is C[N+](C)=c1ccc2c(-c3ccccc3C(=O)[O-])c3ccc4cc(OCc5ccc(OC(=O)c6ccccc6)cc5)ccc4c3oc-2c1. The van der Waals surface area contributed by atoms with Crippen molar-refractivity contribution in [2.24, 2.45) is 0 Å². The Hall–Kier alpha value is -6.21. The van der Waals surface area contributed by atoms with Gasteiger partial charge in [0.1, 0.15) is 43.5 Å². The molecule has 7 rings (SSSR count). The van der Waals surface area contributed by atoms with E-state index in [2.05, 4.69) is 0 Å². The number of fused-ring (bicyclic) bond motifs is 4. The summed E-state index contributed by atoms with van der Waals surface area (Å²) in [5, 5.41) is 15.7. The normalized spacial score (nSPS) is 11.1. The number of rotatable bonds is 7. The van der Waals surface area contributed by atoms with Gasteiger partial charge in [-0.05, 0) is 71.1 Å². The van der Waals surface area contributed by atoms with E-state index in [9.17, 15) is 14.7 Å². The lowest BCUT2D eigenvalue weighted by Gasteiger charge is -2.19. The van der Waals surface area contributed by atoms with Crippen LogP contribution in [0.15, 0.2) is 132 Å². The molecule has 0 radical (unpaired) electrons. The Balaban J connectivity index is 1.22. The number of hydrogen-bond acceptors (Lipinski definition) is 6. The maximum Gasteiger partial charge on any atom is 0.343 e. The summed E-state index contributed by atoms with van der Waals surface area (Å²) in [6.45, 7) is 0.318. The minimum absolute atomic E-state index is 0.115. The van der Waals surface area contributed by atoms with Gasteiger partial charge in [-0.25, -0.2) is 9.37 Å². The summed E-state index contributed by atoms with van der Waals surface area (Å²) < 4.78 is 20.2. The Morgan fingerprint density at radius 1 is 0.723 bits per heavy atom. The first-order valence-corrected chi connectivity index (χ1v) is 15.1. The minimum Gasteiger partial charge on any atom is -0.545 e. The zero-order valence-corrected chi connectivity index (χ0v) is 25.7. The van der Waals surface area contributed by atoms with Crippen LogP contribution in [0.2, 0.25) is 0 Å². The highest BCUT2D eigenvalue weighted by molar-refractivity contribution is 6.14. The average molecular weight is 620 g/mol. The van der Waals surface area contributed by atoms with Gasteiger partial charge in [0.25, 0.3) is 0 Å². The third-order valence-corrected chi connectivity index (χ3v) is 8.14. The van der Waals surface area contributed by atoms with Crippen molar-refractivity contribution < 1.29 is 28.6 Å². The topological polar surface area (TPSA) is 91.8 Å². The molecule has 0 bridgehead atoms. The van der Waals surface area contributed by atoms with Crippen molar-refractivity contribution in [3.8, 4) is 33.9 Å². The van der Waals surface area contributed by atoms with Gasteiger partial charge in [-0.3, -0.25) is 0 Å².